The summed E-state index contributed by atoms with van der Waals surface area (Å²) in [5.74, 6) is -2.06. The summed E-state index contributed by atoms with van der Waals surface area (Å²) >= 11 is 0. The lowest BCUT2D eigenvalue weighted by atomic mass is 9.98. The maximum absolute atomic E-state index is 14.9. The number of ether oxygens (including phenoxy) is 1. The third-order valence-electron chi connectivity index (χ3n) is 6.85. The Morgan fingerprint density at radius 1 is 1.18 bits per heavy atom. The maximum atomic E-state index is 14.9. The van der Waals surface area contributed by atoms with E-state index in [0.29, 0.717) is 41.1 Å². The van der Waals surface area contributed by atoms with Crippen molar-refractivity contribution in [3.05, 3.63) is 70.2 Å². The standard InChI is InChI=1S/C25H24F3N3O3/c1-13(32)30-6-5-23-20(11-30)25(18-9-15(34-2)3-4-21(18)27)29-31(23)12-19-16-7-14(26)8-22(28)17(16)10-24(19)33/h3-4,7-9,19,24,33H,5-6,10-12H2,1-2H3/t19-,24+/m0/s1. The van der Waals surface area contributed by atoms with E-state index in [1.807, 2.05) is 0 Å². The number of hydrogen-bond acceptors (Lipinski definition) is 4. The molecule has 0 radical (unpaired) electrons. The maximum Gasteiger partial charge on any atom is 0.219 e. The van der Waals surface area contributed by atoms with Crippen LogP contribution in [0.4, 0.5) is 13.2 Å². The van der Waals surface area contributed by atoms with E-state index in [2.05, 4.69) is 0 Å². The molecule has 6 nitrogen and oxygen atoms in total. The number of methoxy groups -OCH3 is 1. The van der Waals surface area contributed by atoms with Crippen LogP contribution >= 0.6 is 0 Å². The molecule has 0 unspecified atom stereocenters. The highest BCUT2D eigenvalue weighted by Crippen LogP contribution is 2.39. The summed E-state index contributed by atoms with van der Waals surface area (Å²) in [6.07, 6.45) is -0.327. The van der Waals surface area contributed by atoms with Crippen molar-refractivity contribution in [3.8, 4) is 17.0 Å². The van der Waals surface area contributed by atoms with Crippen LogP contribution in [0.5, 0.6) is 5.75 Å². The van der Waals surface area contributed by atoms with Crippen LogP contribution in [0.15, 0.2) is 30.3 Å². The second-order valence-corrected chi connectivity index (χ2v) is 8.83. The van der Waals surface area contributed by atoms with Gasteiger partial charge in [-0.2, -0.15) is 5.10 Å². The Hall–Kier alpha value is -3.33. The molecule has 0 bridgehead atoms. The summed E-state index contributed by atoms with van der Waals surface area (Å²) in [5, 5.41) is 15.4. The molecule has 1 N–H and O–H groups in total. The number of aromatic nitrogens is 2. The van der Waals surface area contributed by atoms with E-state index < -0.39 is 29.5 Å². The normalized spacial score (nSPS) is 19.2. The summed E-state index contributed by atoms with van der Waals surface area (Å²) in [7, 11) is 1.49. The van der Waals surface area contributed by atoms with Crippen molar-refractivity contribution in [1.82, 2.24) is 14.7 Å². The summed E-state index contributed by atoms with van der Waals surface area (Å²) in [6, 6.07) is 6.45. The average Bonchev–Trinajstić information content (AvgIpc) is 3.32. The van der Waals surface area contributed by atoms with Crippen molar-refractivity contribution in [2.24, 2.45) is 0 Å². The quantitative estimate of drug-likeness (QED) is 0.632. The van der Waals surface area contributed by atoms with E-state index in [-0.39, 0.29) is 31.0 Å². The first-order valence-electron chi connectivity index (χ1n) is 11.1. The SMILES string of the molecule is COc1ccc(F)c(-c2nn(C[C@H]3c4cc(F)cc(F)c4C[C@H]3O)c3c2CN(C(C)=O)CC3)c1. The highest BCUT2D eigenvalue weighted by atomic mass is 19.1. The number of amides is 1. The van der Waals surface area contributed by atoms with E-state index in [1.165, 1.54) is 32.2 Å². The predicted octanol–water partition coefficient (Wildman–Crippen LogP) is 3.58. The molecule has 2 atom stereocenters. The monoisotopic (exact) mass is 471 g/mol. The van der Waals surface area contributed by atoms with Crippen molar-refractivity contribution >= 4 is 5.91 Å². The lowest BCUT2D eigenvalue weighted by Gasteiger charge is -2.27. The lowest BCUT2D eigenvalue weighted by molar-refractivity contribution is -0.129. The van der Waals surface area contributed by atoms with Crippen LogP contribution in [0.1, 0.15) is 35.2 Å². The van der Waals surface area contributed by atoms with Gasteiger partial charge < -0.3 is 14.7 Å². The molecular formula is C25H24F3N3O3. The molecule has 9 heteroatoms. The molecule has 1 aliphatic carbocycles. The third-order valence-corrected chi connectivity index (χ3v) is 6.85. The van der Waals surface area contributed by atoms with Crippen molar-refractivity contribution in [2.45, 2.75) is 44.9 Å². The van der Waals surface area contributed by atoms with Crippen molar-refractivity contribution in [1.29, 1.82) is 0 Å². The van der Waals surface area contributed by atoms with E-state index in [0.717, 1.165) is 11.8 Å². The van der Waals surface area contributed by atoms with Crippen LogP contribution in [-0.4, -0.2) is 45.5 Å². The molecule has 0 spiro atoms. The van der Waals surface area contributed by atoms with Gasteiger partial charge in [0.25, 0.3) is 0 Å². The number of rotatable bonds is 4. The van der Waals surface area contributed by atoms with E-state index in [1.54, 1.807) is 15.6 Å². The van der Waals surface area contributed by atoms with Gasteiger partial charge in [-0.3, -0.25) is 9.48 Å². The second-order valence-electron chi connectivity index (χ2n) is 8.83. The third kappa shape index (κ3) is 3.73. The molecule has 1 aliphatic heterocycles. The Bertz CT molecular complexity index is 1290. The molecule has 1 amide bonds. The molecule has 0 saturated heterocycles. The fourth-order valence-corrected chi connectivity index (χ4v) is 5.07. The van der Waals surface area contributed by atoms with Crippen molar-refractivity contribution in [2.75, 3.05) is 13.7 Å². The highest BCUT2D eigenvalue weighted by Gasteiger charge is 2.36. The smallest absolute Gasteiger partial charge is 0.219 e. The highest BCUT2D eigenvalue weighted by molar-refractivity contribution is 5.75. The molecule has 2 heterocycles. The zero-order valence-electron chi connectivity index (χ0n) is 18.8. The number of halogens is 3. The molecule has 178 valence electrons. The van der Waals surface area contributed by atoms with Crippen LogP contribution in [0, 0.1) is 17.5 Å². The molecule has 0 fully saturated rings. The predicted molar refractivity (Wildman–Crippen MR) is 118 cm³/mol. The Morgan fingerprint density at radius 3 is 2.71 bits per heavy atom. The van der Waals surface area contributed by atoms with E-state index >= 15 is 0 Å². The molecule has 2 aliphatic rings. The number of carbonyl (C=O) groups is 1. The van der Waals surface area contributed by atoms with Gasteiger partial charge in [-0.25, -0.2) is 13.2 Å². The zero-order valence-corrected chi connectivity index (χ0v) is 18.8. The Kier molecular flexibility index (Phi) is 5.59. The zero-order chi connectivity index (χ0) is 24.1. The number of aliphatic hydroxyl groups excluding tert-OH is 1. The number of fused-ring (bicyclic) bond motifs is 2. The van der Waals surface area contributed by atoms with Gasteiger partial charge in [0.05, 0.1) is 19.8 Å². The number of benzene rings is 2. The van der Waals surface area contributed by atoms with Gasteiger partial charge >= 0.3 is 0 Å². The van der Waals surface area contributed by atoms with Crippen LogP contribution < -0.4 is 4.74 Å². The van der Waals surface area contributed by atoms with Crippen LogP contribution in [0.3, 0.4) is 0 Å². The summed E-state index contributed by atoms with van der Waals surface area (Å²) in [4.78, 5) is 13.7. The number of carbonyl (C=O) groups excluding carboxylic acids is 1. The summed E-state index contributed by atoms with van der Waals surface area (Å²) < 4.78 is 50.1. The minimum Gasteiger partial charge on any atom is -0.497 e. The first-order chi connectivity index (χ1) is 16.3. The summed E-state index contributed by atoms with van der Waals surface area (Å²) in [6.45, 7) is 2.39. The van der Waals surface area contributed by atoms with Gasteiger partial charge in [-0.15, -0.1) is 0 Å². The molecule has 0 saturated carbocycles. The van der Waals surface area contributed by atoms with Crippen molar-refractivity contribution < 1.29 is 27.8 Å². The molecule has 3 aromatic rings. The van der Waals surface area contributed by atoms with Gasteiger partial charge in [0.1, 0.15) is 28.9 Å². The lowest BCUT2D eigenvalue weighted by Crippen LogP contribution is -2.35. The van der Waals surface area contributed by atoms with Crippen LogP contribution in [0.25, 0.3) is 11.3 Å². The van der Waals surface area contributed by atoms with Gasteiger partial charge in [-0.05, 0) is 35.4 Å². The van der Waals surface area contributed by atoms with Gasteiger partial charge in [0, 0.05) is 61.7 Å². The average molecular weight is 471 g/mol. The fourth-order valence-electron chi connectivity index (χ4n) is 5.07. The molecule has 2 aromatic carbocycles. The largest absolute Gasteiger partial charge is 0.497 e. The molecule has 1 aromatic heterocycles. The topological polar surface area (TPSA) is 67.6 Å². The van der Waals surface area contributed by atoms with E-state index in [9.17, 15) is 23.1 Å². The van der Waals surface area contributed by atoms with Crippen LogP contribution in [-0.2, 0) is 30.7 Å². The molecule has 5 rings (SSSR count). The first kappa shape index (κ1) is 22.5. The summed E-state index contributed by atoms with van der Waals surface area (Å²) in [5.41, 5.74) is 2.88. The fraction of sp³-hybridized carbons (Fsp3) is 0.360. The minimum atomic E-state index is -0.902. The number of nitrogens with zero attached hydrogens (tertiary/aromatic N) is 3. The Morgan fingerprint density at radius 2 is 1.97 bits per heavy atom. The Balaban J connectivity index is 1.60. The van der Waals surface area contributed by atoms with Crippen LogP contribution in [0.2, 0.25) is 0 Å². The number of hydrogen-bond donors (Lipinski definition) is 1. The Labute approximate surface area is 194 Å². The van der Waals surface area contributed by atoms with Crippen molar-refractivity contribution in [3.63, 3.8) is 0 Å². The number of aliphatic hydroxyl groups is 1. The van der Waals surface area contributed by atoms with E-state index in [4.69, 9.17) is 9.84 Å². The molecule has 34 heavy (non-hydrogen) atoms. The van der Waals surface area contributed by atoms with Gasteiger partial charge in [-0.1, -0.05) is 0 Å². The van der Waals surface area contributed by atoms with Gasteiger partial charge in [0.2, 0.25) is 5.91 Å². The first-order valence-corrected chi connectivity index (χ1v) is 11.1. The molecular weight excluding hydrogens is 447 g/mol. The van der Waals surface area contributed by atoms with Gasteiger partial charge in [0.15, 0.2) is 0 Å². The minimum absolute atomic E-state index is 0.0883. The second kappa shape index (κ2) is 8.47.